The van der Waals surface area contributed by atoms with Crippen molar-refractivity contribution in [2.45, 2.75) is 31.6 Å². The summed E-state index contributed by atoms with van der Waals surface area (Å²) >= 11 is 11.8. The zero-order valence-electron chi connectivity index (χ0n) is 9.22. The van der Waals surface area contributed by atoms with Gasteiger partial charge in [0.15, 0.2) is 0 Å². The van der Waals surface area contributed by atoms with Crippen molar-refractivity contribution < 1.29 is 4.74 Å². The molecule has 0 spiro atoms. The van der Waals surface area contributed by atoms with Crippen LogP contribution in [0.4, 0.5) is 0 Å². The lowest BCUT2D eigenvalue weighted by Crippen LogP contribution is -2.08. The predicted octanol–water partition coefficient (Wildman–Crippen LogP) is 4.65. The van der Waals surface area contributed by atoms with Gasteiger partial charge in [-0.1, -0.05) is 30.5 Å². The number of alkyl halides is 1. The maximum atomic E-state index is 6.11. The Balaban J connectivity index is 1.93. The summed E-state index contributed by atoms with van der Waals surface area (Å²) in [7, 11) is 0. The quantitative estimate of drug-likeness (QED) is 0.715. The van der Waals surface area contributed by atoms with Crippen molar-refractivity contribution in [2.24, 2.45) is 5.92 Å². The van der Waals surface area contributed by atoms with Crippen LogP contribution >= 0.6 is 23.2 Å². The van der Waals surface area contributed by atoms with Crippen molar-refractivity contribution in [1.29, 1.82) is 0 Å². The first-order valence-corrected chi connectivity index (χ1v) is 6.68. The van der Waals surface area contributed by atoms with Gasteiger partial charge in [-0.15, -0.1) is 11.6 Å². The highest BCUT2D eigenvalue weighted by Gasteiger charge is 2.16. The molecule has 0 aromatic heterocycles. The normalized spacial score (nSPS) is 16.6. The van der Waals surface area contributed by atoms with Gasteiger partial charge in [0.2, 0.25) is 0 Å². The first-order chi connectivity index (χ1) is 7.79. The van der Waals surface area contributed by atoms with Crippen molar-refractivity contribution in [3.63, 3.8) is 0 Å². The van der Waals surface area contributed by atoms with Crippen LogP contribution in [0.1, 0.15) is 31.2 Å². The average Bonchev–Trinajstić information content (AvgIpc) is 2.80. The molecule has 0 heterocycles. The topological polar surface area (TPSA) is 9.23 Å². The molecule has 0 saturated heterocycles. The van der Waals surface area contributed by atoms with E-state index in [1.807, 2.05) is 18.2 Å². The summed E-state index contributed by atoms with van der Waals surface area (Å²) in [6.07, 6.45) is 5.26. The Kier molecular flexibility index (Phi) is 4.37. The minimum atomic E-state index is 0.489. The van der Waals surface area contributed by atoms with Crippen LogP contribution in [0.3, 0.4) is 0 Å². The van der Waals surface area contributed by atoms with Crippen molar-refractivity contribution in [2.75, 3.05) is 6.61 Å². The summed E-state index contributed by atoms with van der Waals surface area (Å²) in [5.41, 5.74) is 1.03. The highest BCUT2D eigenvalue weighted by molar-refractivity contribution is 6.32. The van der Waals surface area contributed by atoms with E-state index in [1.165, 1.54) is 25.7 Å². The molecular weight excluding hydrogens is 243 g/mol. The van der Waals surface area contributed by atoms with Gasteiger partial charge >= 0.3 is 0 Å². The molecule has 2 rings (SSSR count). The molecule has 0 aliphatic heterocycles. The number of halogens is 2. The van der Waals surface area contributed by atoms with E-state index < -0.39 is 0 Å². The van der Waals surface area contributed by atoms with Crippen LogP contribution in [-0.4, -0.2) is 6.61 Å². The maximum absolute atomic E-state index is 6.11. The molecule has 16 heavy (non-hydrogen) atoms. The lowest BCUT2D eigenvalue weighted by Gasteiger charge is -2.12. The first-order valence-electron chi connectivity index (χ1n) is 5.77. The van der Waals surface area contributed by atoms with E-state index in [4.69, 9.17) is 27.9 Å². The maximum Gasteiger partial charge on any atom is 0.137 e. The SMILES string of the molecule is ClCc1ccc(OCC2CCCC2)c(Cl)c1. The van der Waals surface area contributed by atoms with Gasteiger partial charge in [-0.2, -0.15) is 0 Å². The zero-order chi connectivity index (χ0) is 11.4. The van der Waals surface area contributed by atoms with Gasteiger partial charge in [-0.05, 0) is 36.5 Å². The van der Waals surface area contributed by atoms with E-state index >= 15 is 0 Å². The molecule has 1 aromatic rings. The van der Waals surface area contributed by atoms with Crippen molar-refractivity contribution in [1.82, 2.24) is 0 Å². The summed E-state index contributed by atoms with van der Waals surface area (Å²) in [5.74, 6) is 1.98. The molecule has 3 heteroatoms. The van der Waals surface area contributed by atoms with E-state index in [2.05, 4.69) is 0 Å². The third-order valence-corrected chi connectivity index (χ3v) is 3.70. The molecule has 1 saturated carbocycles. The molecule has 0 amide bonds. The van der Waals surface area contributed by atoms with Gasteiger partial charge in [-0.25, -0.2) is 0 Å². The van der Waals surface area contributed by atoms with Gasteiger partial charge in [0.1, 0.15) is 5.75 Å². The van der Waals surface area contributed by atoms with E-state index in [0.29, 0.717) is 16.8 Å². The monoisotopic (exact) mass is 258 g/mol. The molecule has 0 unspecified atom stereocenters. The molecule has 88 valence electrons. The van der Waals surface area contributed by atoms with Gasteiger partial charge in [0, 0.05) is 5.88 Å². The Hall–Kier alpha value is -0.400. The van der Waals surface area contributed by atoms with E-state index in [9.17, 15) is 0 Å². The second kappa shape index (κ2) is 5.79. The minimum Gasteiger partial charge on any atom is -0.492 e. The summed E-state index contributed by atoms with van der Waals surface area (Å²) in [6, 6.07) is 5.75. The summed E-state index contributed by atoms with van der Waals surface area (Å²) in [6.45, 7) is 0.792. The second-order valence-corrected chi connectivity index (χ2v) is 5.03. The smallest absolute Gasteiger partial charge is 0.137 e. The fraction of sp³-hybridized carbons (Fsp3) is 0.538. The molecule has 1 fully saturated rings. The third-order valence-electron chi connectivity index (χ3n) is 3.10. The fourth-order valence-electron chi connectivity index (χ4n) is 2.13. The largest absolute Gasteiger partial charge is 0.492 e. The highest BCUT2D eigenvalue weighted by atomic mass is 35.5. The molecule has 1 aliphatic rings. The Morgan fingerprint density at radius 3 is 2.62 bits per heavy atom. The molecule has 0 N–H and O–H groups in total. The predicted molar refractivity (Wildman–Crippen MR) is 68.5 cm³/mol. The van der Waals surface area contributed by atoms with E-state index in [-0.39, 0.29) is 0 Å². The van der Waals surface area contributed by atoms with Gasteiger partial charge in [0.25, 0.3) is 0 Å². The van der Waals surface area contributed by atoms with Crippen molar-refractivity contribution in [3.05, 3.63) is 28.8 Å². The molecule has 0 bridgehead atoms. The van der Waals surface area contributed by atoms with Gasteiger partial charge in [0.05, 0.1) is 11.6 Å². The number of hydrogen-bond acceptors (Lipinski definition) is 1. The van der Waals surface area contributed by atoms with Gasteiger partial charge in [-0.3, -0.25) is 0 Å². The van der Waals surface area contributed by atoms with Crippen molar-refractivity contribution in [3.8, 4) is 5.75 Å². The average molecular weight is 259 g/mol. The Morgan fingerprint density at radius 1 is 1.25 bits per heavy atom. The Labute approximate surface area is 107 Å². The Morgan fingerprint density at radius 2 is 2.00 bits per heavy atom. The highest BCUT2D eigenvalue weighted by Crippen LogP contribution is 2.29. The lowest BCUT2D eigenvalue weighted by molar-refractivity contribution is 0.252. The fourth-order valence-corrected chi connectivity index (χ4v) is 2.55. The number of ether oxygens (including phenoxy) is 1. The molecule has 1 nitrogen and oxygen atoms in total. The van der Waals surface area contributed by atoms with Gasteiger partial charge < -0.3 is 4.74 Å². The Bertz CT molecular complexity index is 346. The molecule has 0 atom stereocenters. The van der Waals surface area contributed by atoms with Crippen molar-refractivity contribution >= 4 is 23.2 Å². The number of hydrogen-bond donors (Lipinski definition) is 0. The molecule has 1 aromatic carbocycles. The number of benzene rings is 1. The summed E-state index contributed by atoms with van der Waals surface area (Å²) in [4.78, 5) is 0. The second-order valence-electron chi connectivity index (χ2n) is 4.36. The summed E-state index contributed by atoms with van der Waals surface area (Å²) < 4.78 is 5.75. The van der Waals surface area contributed by atoms with Crippen LogP contribution in [-0.2, 0) is 5.88 Å². The lowest BCUT2D eigenvalue weighted by atomic mass is 10.1. The van der Waals surface area contributed by atoms with Crippen LogP contribution in [0.2, 0.25) is 5.02 Å². The molecular formula is C13H16Cl2O. The number of rotatable bonds is 4. The third kappa shape index (κ3) is 3.05. The van der Waals surface area contributed by atoms with Crippen LogP contribution in [0, 0.1) is 5.92 Å². The summed E-state index contributed by atoms with van der Waals surface area (Å²) in [5, 5.41) is 0.663. The van der Waals surface area contributed by atoms with Crippen LogP contribution in [0.25, 0.3) is 0 Å². The van der Waals surface area contributed by atoms with Crippen LogP contribution < -0.4 is 4.74 Å². The first kappa shape index (κ1) is 12.1. The standard InChI is InChI=1S/C13H16Cl2O/c14-8-11-5-6-13(12(15)7-11)16-9-10-3-1-2-4-10/h5-7,10H,1-4,8-9H2. The van der Waals surface area contributed by atoms with Crippen LogP contribution in [0.5, 0.6) is 5.75 Å². The van der Waals surface area contributed by atoms with Crippen LogP contribution in [0.15, 0.2) is 18.2 Å². The molecule has 0 radical (unpaired) electrons. The molecule has 1 aliphatic carbocycles. The van der Waals surface area contributed by atoms with E-state index in [1.54, 1.807) is 0 Å². The van der Waals surface area contributed by atoms with E-state index in [0.717, 1.165) is 17.9 Å². The minimum absolute atomic E-state index is 0.489. The zero-order valence-corrected chi connectivity index (χ0v) is 10.7.